The summed E-state index contributed by atoms with van der Waals surface area (Å²) < 4.78 is 55.3. The third-order valence-electron chi connectivity index (χ3n) is 5.08. The van der Waals surface area contributed by atoms with E-state index in [0.717, 1.165) is 5.56 Å². The summed E-state index contributed by atoms with van der Waals surface area (Å²) in [5.74, 6) is -1.28. The van der Waals surface area contributed by atoms with Crippen LogP contribution in [0.15, 0.2) is 54.6 Å². The minimum atomic E-state index is -4.62. The van der Waals surface area contributed by atoms with Crippen LogP contribution in [0.4, 0.5) is 23.4 Å². The van der Waals surface area contributed by atoms with Crippen molar-refractivity contribution in [2.24, 2.45) is 0 Å². The first kappa shape index (κ1) is 21.2. The molecule has 4 rings (SSSR count). The average Bonchev–Trinajstić information content (AvgIpc) is 3.08. The second-order valence-electron chi connectivity index (χ2n) is 7.17. The lowest BCUT2D eigenvalue weighted by Gasteiger charge is -2.33. The van der Waals surface area contributed by atoms with E-state index >= 15 is 0 Å². The predicted molar refractivity (Wildman–Crippen MR) is 107 cm³/mol. The van der Waals surface area contributed by atoms with Crippen LogP contribution in [0.5, 0.6) is 0 Å². The molecule has 1 aliphatic rings. The maximum Gasteiger partial charge on any atom is 0.410 e. The Kier molecular flexibility index (Phi) is 5.62. The van der Waals surface area contributed by atoms with Gasteiger partial charge in [0.2, 0.25) is 0 Å². The van der Waals surface area contributed by atoms with E-state index in [1.807, 2.05) is 6.07 Å². The van der Waals surface area contributed by atoms with Gasteiger partial charge in [0.05, 0.1) is 6.04 Å². The van der Waals surface area contributed by atoms with Crippen LogP contribution in [0, 0.1) is 5.82 Å². The van der Waals surface area contributed by atoms with Gasteiger partial charge in [-0.25, -0.2) is 9.07 Å². The standard InChI is InChI=1S/C21H17ClF4N4O/c22-17-18(20(31)27-11-12-4-2-1-3-5-12)29-30-16(21(24,25)26)10-15(28-19(17)30)13-6-8-14(23)9-7-13/h1-9,15-16,28H,10-11H2,(H,27,31)/t15-,16-/m0/s1. The Labute approximate surface area is 180 Å². The van der Waals surface area contributed by atoms with E-state index in [4.69, 9.17) is 11.6 Å². The van der Waals surface area contributed by atoms with Crippen LogP contribution in [0.3, 0.4) is 0 Å². The Bertz CT molecular complexity index is 1080. The molecule has 162 valence electrons. The summed E-state index contributed by atoms with van der Waals surface area (Å²) in [4.78, 5) is 12.6. The van der Waals surface area contributed by atoms with E-state index in [1.54, 1.807) is 24.3 Å². The molecule has 3 aromatic rings. The van der Waals surface area contributed by atoms with E-state index in [9.17, 15) is 22.4 Å². The number of hydrogen-bond donors (Lipinski definition) is 2. The zero-order valence-corrected chi connectivity index (χ0v) is 16.7. The number of hydrogen-bond acceptors (Lipinski definition) is 3. The Morgan fingerprint density at radius 1 is 1.16 bits per heavy atom. The van der Waals surface area contributed by atoms with E-state index < -0.39 is 30.0 Å². The van der Waals surface area contributed by atoms with Gasteiger partial charge in [-0.1, -0.05) is 54.1 Å². The molecule has 1 amide bonds. The topological polar surface area (TPSA) is 59.0 Å². The quantitative estimate of drug-likeness (QED) is 0.530. The van der Waals surface area contributed by atoms with Crippen molar-refractivity contribution in [3.63, 3.8) is 0 Å². The van der Waals surface area contributed by atoms with Crippen LogP contribution in [0.1, 0.15) is 40.1 Å². The largest absolute Gasteiger partial charge is 0.410 e. The molecule has 2 N–H and O–H groups in total. The normalized spacial score (nSPS) is 18.2. The van der Waals surface area contributed by atoms with Crippen molar-refractivity contribution in [2.75, 3.05) is 5.32 Å². The molecular weight excluding hydrogens is 436 g/mol. The van der Waals surface area contributed by atoms with E-state index in [1.165, 1.54) is 24.3 Å². The molecule has 0 aliphatic carbocycles. The van der Waals surface area contributed by atoms with Crippen LogP contribution < -0.4 is 10.6 Å². The van der Waals surface area contributed by atoms with Crippen LogP contribution in [0.25, 0.3) is 0 Å². The Hall–Kier alpha value is -3.07. The summed E-state index contributed by atoms with van der Waals surface area (Å²) >= 11 is 6.28. The summed E-state index contributed by atoms with van der Waals surface area (Å²) in [6, 6.07) is 11.4. The Morgan fingerprint density at radius 3 is 2.48 bits per heavy atom. The van der Waals surface area contributed by atoms with Crippen LogP contribution in [-0.4, -0.2) is 21.9 Å². The zero-order valence-electron chi connectivity index (χ0n) is 16.0. The predicted octanol–water partition coefficient (Wildman–Crippen LogP) is 5.27. The fraction of sp³-hybridized carbons (Fsp3) is 0.238. The molecule has 0 bridgehead atoms. The lowest BCUT2D eigenvalue weighted by molar-refractivity contribution is -0.173. The number of benzene rings is 2. The maximum absolute atomic E-state index is 13.8. The van der Waals surface area contributed by atoms with Crippen molar-refractivity contribution in [3.8, 4) is 0 Å². The molecule has 2 atom stereocenters. The van der Waals surface area contributed by atoms with Gasteiger partial charge in [0.25, 0.3) is 5.91 Å². The van der Waals surface area contributed by atoms with Gasteiger partial charge in [-0.3, -0.25) is 4.79 Å². The number of aromatic nitrogens is 2. The van der Waals surface area contributed by atoms with Gasteiger partial charge in [0.15, 0.2) is 11.7 Å². The summed E-state index contributed by atoms with van der Waals surface area (Å²) in [6.07, 6.45) is -5.01. The number of amides is 1. The third kappa shape index (κ3) is 4.36. The highest BCUT2D eigenvalue weighted by Gasteiger charge is 2.47. The first-order valence-electron chi connectivity index (χ1n) is 9.43. The molecular formula is C21H17ClF4N4O. The van der Waals surface area contributed by atoms with Crippen LogP contribution >= 0.6 is 11.6 Å². The van der Waals surface area contributed by atoms with Gasteiger partial charge in [-0.05, 0) is 23.3 Å². The van der Waals surface area contributed by atoms with Crippen LogP contribution in [0.2, 0.25) is 5.02 Å². The fourth-order valence-corrected chi connectivity index (χ4v) is 3.78. The minimum Gasteiger partial charge on any atom is -0.362 e. The highest BCUT2D eigenvalue weighted by atomic mass is 35.5. The van der Waals surface area contributed by atoms with Crippen molar-refractivity contribution >= 4 is 23.3 Å². The highest BCUT2D eigenvalue weighted by Crippen LogP contribution is 2.46. The zero-order chi connectivity index (χ0) is 22.2. The van der Waals surface area contributed by atoms with Gasteiger partial charge < -0.3 is 10.6 Å². The molecule has 2 heterocycles. The average molecular weight is 453 g/mol. The summed E-state index contributed by atoms with van der Waals surface area (Å²) in [5.41, 5.74) is 0.988. The summed E-state index contributed by atoms with van der Waals surface area (Å²) in [6.45, 7) is 0.173. The molecule has 5 nitrogen and oxygen atoms in total. The Morgan fingerprint density at radius 2 is 1.84 bits per heavy atom. The number of nitrogens with zero attached hydrogens (tertiary/aromatic N) is 2. The monoisotopic (exact) mass is 452 g/mol. The number of nitrogens with one attached hydrogen (secondary N) is 2. The van der Waals surface area contributed by atoms with Crippen molar-refractivity contribution in [1.82, 2.24) is 15.1 Å². The van der Waals surface area contributed by atoms with Crippen molar-refractivity contribution in [3.05, 3.63) is 82.3 Å². The van der Waals surface area contributed by atoms with E-state index in [0.29, 0.717) is 10.2 Å². The summed E-state index contributed by atoms with van der Waals surface area (Å²) in [7, 11) is 0. The van der Waals surface area contributed by atoms with Gasteiger partial charge in [-0.2, -0.15) is 18.3 Å². The molecule has 0 saturated heterocycles. The lowest BCUT2D eigenvalue weighted by Crippen LogP contribution is -2.36. The van der Waals surface area contributed by atoms with Gasteiger partial charge in [-0.15, -0.1) is 0 Å². The molecule has 2 aromatic carbocycles. The molecule has 0 radical (unpaired) electrons. The van der Waals surface area contributed by atoms with Crippen molar-refractivity contribution in [2.45, 2.75) is 31.2 Å². The smallest absolute Gasteiger partial charge is 0.362 e. The number of fused-ring (bicyclic) bond motifs is 1. The first-order chi connectivity index (χ1) is 14.7. The second-order valence-corrected chi connectivity index (χ2v) is 7.54. The molecule has 0 saturated carbocycles. The van der Waals surface area contributed by atoms with E-state index in [-0.39, 0.29) is 29.5 Å². The third-order valence-corrected chi connectivity index (χ3v) is 5.44. The number of alkyl halides is 3. The second kappa shape index (κ2) is 8.22. The maximum atomic E-state index is 13.8. The molecule has 31 heavy (non-hydrogen) atoms. The molecule has 0 fully saturated rings. The first-order valence-corrected chi connectivity index (χ1v) is 9.80. The number of carbonyl (C=O) groups is 1. The van der Waals surface area contributed by atoms with Crippen molar-refractivity contribution < 1.29 is 22.4 Å². The molecule has 0 unspecified atom stereocenters. The number of carbonyl (C=O) groups excluding carboxylic acids is 1. The van der Waals surface area contributed by atoms with Gasteiger partial charge in [0.1, 0.15) is 16.7 Å². The SMILES string of the molecule is O=C(NCc1ccccc1)c1nn2c(c1Cl)N[C@H](c1ccc(F)cc1)C[C@H]2C(F)(F)F. The fourth-order valence-electron chi connectivity index (χ4n) is 3.51. The molecule has 1 aromatic heterocycles. The molecule has 10 heteroatoms. The number of rotatable bonds is 4. The highest BCUT2D eigenvalue weighted by molar-refractivity contribution is 6.36. The van der Waals surface area contributed by atoms with Gasteiger partial charge >= 0.3 is 6.18 Å². The minimum absolute atomic E-state index is 0.102. The lowest BCUT2D eigenvalue weighted by atomic mass is 9.97. The number of anilines is 1. The van der Waals surface area contributed by atoms with Gasteiger partial charge in [0, 0.05) is 13.0 Å². The van der Waals surface area contributed by atoms with E-state index in [2.05, 4.69) is 15.7 Å². The molecule has 1 aliphatic heterocycles. The number of halogens is 5. The molecule has 0 spiro atoms. The van der Waals surface area contributed by atoms with Crippen LogP contribution in [-0.2, 0) is 6.54 Å². The van der Waals surface area contributed by atoms with Crippen molar-refractivity contribution in [1.29, 1.82) is 0 Å². The Balaban J connectivity index is 1.64. The summed E-state index contributed by atoms with van der Waals surface area (Å²) in [5, 5.41) is 9.22.